The van der Waals surface area contributed by atoms with Crippen LogP contribution in [-0.4, -0.2) is 11.5 Å². The number of hydrogen-bond acceptors (Lipinski definition) is 2. The Bertz CT molecular complexity index is 163. The molecule has 0 saturated heterocycles. The molecule has 4 heteroatoms. The van der Waals surface area contributed by atoms with Crippen molar-refractivity contribution in [1.82, 2.24) is 0 Å². The number of unbranched alkanes of at least 4 members (excludes halogenated alkanes) is 9. The van der Waals surface area contributed by atoms with E-state index < -0.39 is 8.25 Å². The summed E-state index contributed by atoms with van der Waals surface area (Å²) in [6, 6.07) is 0. The summed E-state index contributed by atoms with van der Waals surface area (Å²) in [5.41, 5.74) is 0. The minimum atomic E-state index is -2.39. The smallest absolute Gasteiger partial charge is 0.133 e. The van der Waals surface area contributed by atoms with Crippen LogP contribution in [0.1, 0.15) is 85.0 Å². The summed E-state index contributed by atoms with van der Waals surface area (Å²) >= 11 is 0. The summed E-state index contributed by atoms with van der Waals surface area (Å²) in [7, 11) is -2.39. The molecular weight excluding hydrogens is 247 g/mol. The topological polar surface area (TPSA) is 46.5 Å². The van der Waals surface area contributed by atoms with Crippen LogP contribution in [0.5, 0.6) is 0 Å². The van der Waals surface area contributed by atoms with Crippen molar-refractivity contribution >= 4 is 8.25 Å². The molecule has 0 aromatic carbocycles. The van der Waals surface area contributed by atoms with Gasteiger partial charge in [0.25, 0.3) is 0 Å². The molecule has 0 aliphatic carbocycles. The van der Waals surface area contributed by atoms with E-state index in [4.69, 9.17) is 4.89 Å². The molecule has 1 N–H and O–H groups in total. The molecule has 3 nitrogen and oxygen atoms in total. The van der Waals surface area contributed by atoms with E-state index in [1.807, 2.05) is 13.8 Å². The van der Waals surface area contributed by atoms with Crippen molar-refractivity contribution in [3.05, 3.63) is 0 Å². The van der Waals surface area contributed by atoms with Gasteiger partial charge in [-0.3, -0.25) is 0 Å². The van der Waals surface area contributed by atoms with Crippen molar-refractivity contribution in [3.8, 4) is 0 Å². The second-order valence-corrected chi connectivity index (χ2v) is 4.99. The summed E-state index contributed by atoms with van der Waals surface area (Å²) < 4.78 is 14.8. The fraction of sp³-hybridized carbons (Fsp3) is 1.00. The Balaban J connectivity index is 0. The molecular formula is C14H32O3P+. The maximum Gasteiger partial charge on any atom is 0.694 e. The van der Waals surface area contributed by atoms with Crippen LogP contribution in [0, 0.1) is 0 Å². The third-order valence-electron chi connectivity index (χ3n) is 2.70. The first kappa shape index (κ1) is 20.3. The van der Waals surface area contributed by atoms with Gasteiger partial charge < -0.3 is 0 Å². The SMILES string of the molecule is CC.CCCCCCCCCCCCO[P+](=O)O. The van der Waals surface area contributed by atoms with Crippen LogP contribution in [-0.2, 0) is 9.09 Å². The molecule has 0 spiro atoms. The third kappa shape index (κ3) is 21.3. The van der Waals surface area contributed by atoms with E-state index in [-0.39, 0.29) is 0 Å². The Kier molecular flexibility index (Phi) is 21.9. The Morgan fingerprint density at radius 1 is 0.833 bits per heavy atom. The molecule has 0 aliphatic rings. The minimum Gasteiger partial charge on any atom is -0.133 e. The van der Waals surface area contributed by atoms with Gasteiger partial charge in [0.15, 0.2) is 0 Å². The maximum atomic E-state index is 10.2. The molecule has 18 heavy (non-hydrogen) atoms. The first-order chi connectivity index (χ1) is 8.77. The molecule has 1 unspecified atom stereocenters. The highest BCUT2D eigenvalue weighted by atomic mass is 31.1. The predicted octanol–water partition coefficient (Wildman–Crippen LogP) is 5.60. The lowest BCUT2D eigenvalue weighted by Crippen LogP contribution is -1.87. The first-order valence-electron chi connectivity index (χ1n) is 7.56. The largest absolute Gasteiger partial charge is 0.694 e. The minimum absolute atomic E-state index is 0.419. The highest BCUT2D eigenvalue weighted by Crippen LogP contribution is 2.16. The van der Waals surface area contributed by atoms with Crippen molar-refractivity contribution in [2.75, 3.05) is 6.61 Å². The third-order valence-corrected chi connectivity index (χ3v) is 3.10. The van der Waals surface area contributed by atoms with Gasteiger partial charge in [-0.25, -0.2) is 0 Å². The molecule has 1 atom stereocenters. The normalized spacial score (nSPS) is 10.8. The fourth-order valence-corrected chi connectivity index (χ4v) is 2.02. The lowest BCUT2D eigenvalue weighted by molar-refractivity contribution is 0.273. The van der Waals surface area contributed by atoms with Gasteiger partial charge in [-0.15, -0.1) is 9.42 Å². The van der Waals surface area contributed by atoms with Crippen molar-refractivity contribution in [2.45, 2.75) is 85.0 Å². The lowest BCUT2D eigenvalue weighted by atomic mass is 10.1. The van der Waals surface area contributed by atoms with Gasteiger partial charge >= 0.3 is 8.25 Å². The molecule has 0 fully saturated rings. The summed E-state index contributed by atoms with van der Waals surface area (Å²) in [5, 5.41) is 0. The van der Waals surface area contributed by atoms with Crippen LogP contribution in [0.25, 0.3) is 0 Å². The van der Waals surface area contributed by atoms with Gasteiger partial charge in [-0.2, -0.15) is 0 Å². The summed E-state index contributed by atoms with van der Waals surface area (Å²) in [5.74, 6) is 0. The summed E-state index contributed by atoms with van der Waals surface area (Å²) in [4.78, 5) is 8.38. The molecule has 0 rings (SSSR count). The van der Waals surface area contributed by atoms with Crippen molar-refractivity contribution < 1.29 is 14.0 Å². The summed E-state index contributed by atoms with van der Waals surface area (Å²) in [6.45, 7) is 6.66. The van der Waals surface area contributed by atoms with Crippen LogP contribution in [0.3, 0.4) is 0 Å². The maximum absolute atomic E-state index is 10.2. The molecule has 0 radical (unpaired) electrons. The number of rotatable bonds is 12. The molecule has 110 valence electrons. The van der Waals surface area contributed by atoms with Crippen LogP contribution < -0.4 is 0 Å². The van der Waals surface area contributed by atoms with Crippen LogP contribution in [0.15, 0.2) is 0 Å². The quantitative estimate of drug-likeness (QED) is 0.373. The highest BCUT2D eigenvalue weighted by Gasteiger charge is 2.09. The van der Waals surface area contributed by atoms with E-state index in [0.717, 1.165) is 12.8 Å². The number of hydrogen-bond donors (Lipinski definition) is 1. The average molecular weight is 279 g/mol. The van der Waals surface area contributed by atoms with E-state index in [0.29, 0.717) is 6.61 Å². The van der Waals surface area contributed by atoms with Crippen LogP contribution >= 0.6 is 8.25 Å². The molecule has 0 saturated carbocycles. The van der Waals surface area contributed by atoms with Crippen molar-refractivity contribution in [2.24, 2.45) is 0 Å². The first-order valence-corrected chi connectivity index (χ1v) is 8.69. The standard InChI is InChI=1S/C12H25O3P.C2H6/c1-2-3-4-5-6-7-8-9-10-11-12-15-16(13)14;1-2/h2-12H2,1H3;1-2H3/p+1. The van der Waals surface area contributed by atoms with Crippen molar-refractivity contribution in [3.63, 3.8) is 0 Å². The second-order valence-electron chi connectivity index (χ2n) is 4.25. The molecule has 0 amide bonds. The Morgan fingerprint density at radius 3 is 1.61 bits per heavy atom. The molecule has 0 aromatic heterocycles. The van der Waals surface area contributed by atoms with Crippen molar-refractivity contribution in [1.29, 1.82) is 0 Å². The highest BCUT2D eigenvalue weighted by molar-refractivity contribution is 7.32. The monoisotopic (exact) mass is 279 g/mol. The second kappa shape index (κ2) is 19.4. The molecule has 0 aliphatic heterocycles. The molecule has 0 aromatic rings. The zero-order valence-corrected chi connectivity index (χ0v) is 13.4. The zero-order valence-electron chi connectivity index (χ0n) is 12.5. The van der Waals surface area contributed by atoms with Gasteiger partial charge in [-0.05, 0) is 6.42 Å². The molecule has 0 heterocycles. The van der Waals surface area contributed by atoms with E-state index in [2.05, 4.69) is 11.4 Å². The van der Waals surface area contributed by atoms with Gasteiger partial charge in [0.05, 0.1) is 0 Å². The summed E-state index contributed by atoms with van der Waals surface area (Å²) in [6.07, 6.45) is 12.7. The van der Waals surface area contributed by atoms with E-state index in [1.165, 1.54) is 51.4 Å². The van der Waals surface area contributed by atoms with Gasteiger partial charge in [-0.1, -0.05) is 78.6 Å². The van der Waals surface area contributed by atoms with Crippen LogP contribution in [0.4, 0.5) is 0 Å². The Morgan fingerprint density at radius 2 is 1.22 bits per heavy atom. The Hall–Kier alpha value is 0.0200. The van der Waals surface area contributed by atoms with Gasteiger partial charge in [0.1, 0.15) is 6.61 Å². The zero-order chi connectivity index (χ0) is 14.1. The van der Waals surface area contributed by atoms with Crippen LogP contribution in [0.2, 0.25) is 0 Å². The van der Waals surface area contributed by atoms with Gasteiger partial charge in [0.2, 0.25) is 0 Å². The Labute approximate surface area is 114 Å². The van der Waals surface area contributed by atoms with Gasteiger partial charge in [0, 0.05) is 4.57 Å². The lowest BCUT2D eigenvalue weighted by Gasteiger charge is -2.00. The fourth-order valence-electron chi connectivity index (χ4n) is 1.73. The van der Waals surface area contributed by atoms with E-state index in [9.17, 15) is 4.57 Å². The molecule has 0 bridgehead atoms. The average Bonchev–Trinajstić information content (AvgIpc) is 2.38. The predicted molar refractivity (Wildman–Crippen MR) is 79.0 cm³/mol. The van der Waals surface area contributed by atoms with E-state index in [1.54, 1.807) is 0 Å². The van der Waals surface area contributed by atoms with E-state index >= 15 is 0 Å².